The third-order valence-corrected chi connectivity index (χ3v) is 6.02. The highest BCUT2D eigenvalue weighted by Crippen LogP contribution is 2.33. The molecule has 0 unspecified atom stereocenters. The molecule has 3 rings (SSSR count). The molecule has 1 saturated carbocycles. The van der Waals surface area contributed by atoms with Crippen molar-refractivity contribution in [1.82, 2.24) is 14.3 Å². The fourth-order valence-electron chi connectivity index (χ4n) is 2.04. The van der Waals surface area contributed by atoms with E-state index in [-0.39, 0.29) is 10.9 Å². The first-order valence-corrected chi connectivity index (χ1v) is 8.97. The standard InChI is InChI=1S/C13H16N4O2S2/c1-14-13-15-7-12(8-16-13)21(18,19)17(10-4-5-10)9-11-3-2-6-20-11/h2-3,6-8,10H,4-5,9H2,1H3,(H,14,15,16). The molecule has 1 N–H and O–H groups in total. The van der Waals surface area contributed by atoms with Crippen LogP contribution in [0.1, 0.15) is 17.7 Å². The van der Waals surface area contributed by atoms with Gasteiger partial charge in [-0.05, 0) is 24.3 Å². The summed E-state index contributed by atoms with van der Waals surface area (Å²) in [7, 11) is -1.86. The minimum absolute atomic E-state index is 0.0982. The summed E-state index contributed by atoms with van der Waals surface area (Å²) in [5.74, 6) is 0.408. The van der Waals surface area contributed by atoms with Gasteiger partial charge in [-0.25, -0.2) is 18.4 Å². The molecular formula is C13H16N4O2S2. The monoisotopic (exact) mass is 324 g/mol. The Morgan fingerprint density at radius 1 is 1.38 bits per heavy atom. The SMILES string of the molecule is CNc1ncc(S(=O)(=O)N(Cc2cccs2)C2CC2)cn1. The second-order valence-electron chi connectivity index (χ2n) is 4.85. The molecule has 2 heterocycles. The van der Waals surface area contributed by atoms with E-state index >= 15 is 0 Å². The lowest BCUT2D eigenvalue weighted by Gasteiger charge is -2.21. The molecule has 0 aromatic carbocycles. The molecule has 0 spiro atoms. The Morgan fingerprint density at radius 2 is 2.10 bits per heavy atom. The third kappa shape index (κ3) is 3.07. The van der Waals surface area contributed by atoms with Gasteiger partial charge >= 0.3 is 0 Å². The molecule has 8 heteroatoms. The van der Waals surface area contributed by atoms with Crippen LogP contribution in [0.5, 0.6) is 0 Å². The first-order chi connectivity index (χ1) is 10.1. The van der Waals surface area contributed by atoms with Crippen LogP contribution >= 0.6 is 11.3 Å². The maximum Gasteiger partial charge on any atom is 0.246 e. The van der Waals surface area contributed by atoms with Crippen LogP contribution in [0, 0.1) is 0 Å². The minimum atomic E-state index is -3.55. The number of hydrogen-bond donors (Lipinski definition) is 1. The molecular weight excluding hydrogens is 308 g/mol. The van der Waals surface area contributed by atoms with Crippen LogP contribution < -0.4 is 5.32 Å². The molecule has 0 amide bonds. The molecule has 0 aliphatic heterocycles. The van der Waals surface area contributed by atoms with E-state index in [2.05, 4.69) is 15.3 Å². The highest BCUT2D eigenvalue weighted by Gasteiger charge is 2.38. The van der Waals surface area contributed by atoms with Crippen molar-refractivity contribution in [1.29, 1.82) is 0 Å². The summed E-state index contributed by atoms with van der Waals surface area (Å²) in [5.41, 5.74) is 0. The number of nitrogens with zero attached hydrogens (tertiary/aromatic N) is 3. The Labute approximate surface area is 127 Å². The lowest BCUT2D eigenvalue weighted by Crippen LogP contribution is -2.32. The van der Waals surface area contributed by atoms with Crippen LogP contribution in [0.2, 0.25) is 0 Å². The van der Waals surface area contributed by atoms with Crippen molar-refractivity contribution >= 4 is 27.3 Å². The predicted molar refractivity (Wildman–Crippen MR) is 81.6 cm³/mol. The van der Waals surface area contributed by atoms with Gasteiger partial charge in [0.05, 0.1) is 12.4 Å². The lowest BCUT2D eigenvalue weighted by molar-refractivity contribution is 0.401. The van der Waals surface area contributed by atoms with E-state index in [1.54, 1.807) is 22.7 Å². The molecule has 0 bridgehead atoms. The van der Waals surface area contributed by atoms with Gasteiger partial charge < -0.3 is 5.32 Å². The van der Waals surface area contributed by atoms with Gasteiger partial charge in [-0.15, -0.1) is 11.3 Å². The summed E-state index contributed by atoms with van der Waals surface area (Å²) in [6.07, 6.45) is 4.55. The van der Waals surface area contributed by atoms with E-state index in [4.69, 9.17) is 0 Å². The fourth-order valence-corrected chi connectivity index (χ4v) is 4.38. The van der Waals surface area contributed by atoms with Gasteiger partial charge in [0.1, 0.15) is 4.90 Å². The molecule has 1 fully saturated rings. The maximum atomic E-state index is 12.8. The molecule has 21 heavy (non-hydrogen) atoms. The molecule has 0 saturated heterocycles. The van der Waals surface area contributed by atoms with Gasteiger partial charge in [0, 0.05) is 24.5 Å². The average Bonchev–Trinajstić information content (AvgIpc) is 3.20. The average molecular weight is 324 g/mol. The summed E-state index contributed by atoms with van der Waals surface area (Å²) in [6.45, 7) is 0.415. The van der Waals surface area contributed by atoms with Crippen molar-refractivity contribution in [2.24, 2.45) is 0 Å². The summed E-state index contributed by atoms with van der Waals surface area (Å²) < 4.78 is 27.1. The molecule has 1 aliphatic carbocycles. The molecule has 2 aromatic rings. The molecule has 6 nitrogen and oxygen atoms in total. The fraction of sp³-hybridized carbons (Fsp3) is 0.385. The van der Waals surface area contributed by atoms with Crippen LogP contribution in [-0.2, 0) is 16.6 Å². The Morgan fingerprint density at radius 3 is 2.62 bits per heavy atom. The summed E-state index contributed by atoms with van der Waals surface area (Å²) in [5, 5.41) is 4.73. The number of aromatic nitrogens is 2. The molecule has 1 aliphatic rings. The second kappa shape index (κ2) is 5.70. The van der Waals surface area contributed by atoms with Crippen LogP contribution in [0.15, 0.2) is 34.8 Å². The molecule has 0 radical (unpaired) electrons. The Bertz CT molecular complexity index is 694. The van der Waals surface area contributed by atoms with E-state index in [1.165, 1.54) is 12.4 Å². The van der Waals surface area contributed by atoms with E-state index in [9.17, 15) is 8.42 Å². The summed E-state index contributed by atoms with van der Waals surface area (Å²) in [6, 6.07) is 3.99. The second-order valence-corrected chi connectivity index (χ2v) is 7.78. The third-order valence-electron chi connectivity index (χ3n) is 3.30. The Hall–Kier alpha value is -1.51. The van der Waals surface area contributed by atoms with Crippen molar-refractivity contribution in [2.45, 2.75) is 30.3 Å². The first kappa shape index (κ1) is 14.4. The quantitative estimate of drug-likeness (QED) is 0.879. The Kier molecular flexibility index (Phi) is 3.92. The molecule has 0 atom stereocenters. The van der Waals surface area contributed by atoms with Gasteiger partial charge in [-0.1, -0.05) is 6.07 Å². The normalized spacial score (nSPS) is 15.3. The van der Waals surface area contributed by atoms with Gasteiger partial charge in [0.2, 0.25) is 16.0 Å². The van der Waals surface area contributed by atoms with Crippen molar-refractivity contribution in [2.75, 3.05) is 12.4 Å². The molecule has 2 aromatic heterocycles. The predicted octanol–water partition coefficient (Wildman–Crippen LogP) is 1.93. The number of nitrogens with one attached hydrogen (secondary N) is 1. The van der Waals surface area contributed by atoms with E-state index in [1.807, 2.05) is 17.5 Å². The first-order valence-electron chi connectivity index (χ1n) is 6.65. The number of thiophene rings is 1. The van der Waals surface area contributed by atoms with Gasteiger partial charge in [-0.3, -0.25) is 0 Å². The lowest BCUT2D eigenvalue weighted by atomic mass is 10.4. The van der Waals surface area contributed by atoms with Crippen LogP contribution in [0.25, 0.3) is 0 Å². The van der Waals surface area contributed by atoms with Gasteiger partial charge in [0.15, 0.2) is 0 Å². The Balaban J connectivity index is 1.89. The number of sulfonamides is 1. The van der Waals surface area contributed by atoms with Crippen molar-refractivity contribution < 1.29 is 8.42 Å². The van der Waals surface area contributed by atoms with Crippen molar-refractivity contribution in [3.8, 4) is 0 Å². The number of hydrogen-bond acceptors (Lipinski definition) is 6. The summed E-state index contributed by atoms with van der Waals surface area (Å²) in [4.78, 5) is 9.18. The van der Waals surface area contributed by atoms with Gasteiger partial charge in [0.25, 0.3) is 0 Å². The van der Waals surface area contributed by atoms with Crippen LogP contribution in [0.3, 0.4) is 0 Å². The minimum Gasteiger partial charge on any atom is -0.357 e. The smallest absolute Gasteiger partial charge is 0.246 e. The van der Waals surface area contributed by atoms with E-state index in [0.717, 1.165) is 17.7 Å². The number of anilines is 1. The largest absolute Gasteiger partial charge is 0.357 e. The zero-order valence-corrected chi connectivity index (χ0v) is 13.2. The van der Waals surface area contributed by atoms with Crippen molar-refractivity contribution in [3.63, 3.8) is 0 Å². The topological polar surface area (TPSA) is 75.2 Å². The van der Waals surface area contributed by atoms with Crippen LogP contribution in [-0.4, -0.2) is 35.8 Å². The van der Waals surface area contributed by atoms with Gasteiger partial charge in [-0.2, -0.15) is 4.31 Å². The number of rotatable bonds is 6. The van der Waals surface area contributed by atoms with Crippen molar-refractivity contribution in [3.05, 3.63) is 34.8 Å². The van der Waals surface area contributed by atoms with Crippen LogP contribution in [0.4, 0.5) is 5.95 Å². The van der Waals surface area contributed by atoms with E-state index < -0.39 is 10.0 Å². The summed E-state index contributed by atoms with van der Waals surface area (Å²) >= 11 is 1.57. The zero-order chi connectivity index (χ0) is 14.9. The highest BCUT2D eigenvalue weighted by molar-refractivity contribution is 7.89. The maximum absolute atomic E-state index is 12.8. The van der Waals surface area contributed by atoms with E-state index in [0.29, 0.717) is 12.5 Å². The molecule has 112 valence electrons. The zero-order valence-electron chi connectivity index (χ0n) is 11.6. The highest BCUT2D eigenvalue weighted by atomic mass is 32.2.